The number of hydrogen-bond acceptors (Lipinski definition) is 5. The van der Waals surface area contributed by atoms with Gasteiger partial charge in [0.1, 0.15) is 5.75 Å². The molecule has 134 valence electrons. The third-order valence-electron chi connectivity index (χ3n) is 3.47. The van der Waals surface area contributed by atoms with Crippen LogP contribution in [0.5, 0.6) is 5.75 Å². The lowest BCUT2D eigenvalue weighted by Crippen LogP contribution is -2.17. The summed E-state index contributed by atoms with van der Waals surface area (Å²) in [5, 5.41) is 3.91. The van der Waals surface area contributed by atoms with Crippen molar-refractivity contribution in [1.29, 1.82) is 0 Å². The number of carbonyl (C=O) groups is 2. The van der Waals surface area contributed by atoms with E-state index >= 15 is 0 Å². The SMILES string of the molecule is O=C(N/N=C\c1ccc(OC(=O)c2cccc(Br)c2)cc1)c1ccncc1. The molecule has 0 saturated heterocycles. The fourth-order valence-electron chi connectivity index (χ4n) is 2.14. The molecule has 0 atom stereocenters. The van der Waals surface area contributed by atoms with Crippen LogP contribution in [-0.2, 0) is 0 Å². The average Bonchev–Trinajstić information content (AvgIpc) is 2.70. The molecule has 0 spiro atoms. The molecule has 2 aromatic carbocycles. The summed E-state index contributed by atoms with van der Waals surface area (Å²) >= 11 is 3.32. The Bertz CT molecular complexity index is 973. The van der Waals surface area contributed by atoms with Crippen LogP contribution in [0.1, 0.15) is 26.3 Å². The number of ether oxygens (including phenoxy) is 1. The second-order valence-electron chi connectivity index (χ2n) is 5.40. The molecule has 6 nitrogen and oxygen atoms in total. The van der Waals surface area contributed by atoms with Gasteiger partial charge in [-0.2, -0.15) is 5.10 Å². The number of hydrazone groups is 1. The van der Waals surface area contributed by atoms with E-state index in [0.29, 0.717) is 16.9 Å². The van der Waals surface area contributed by atoms with E-state index in [1.54, 1.807) is 54.6 Å². The van der Waals surface area contributed by atoms with Gasteiger partial charge < -0.3 is 4.74 Å². The number of amides is 1. The van der Waals surface area contributed by atoms with Gasteiger partial charge in [0.05, 0.1) is 11.8 Å². The van der Waals surface area contributed by atoms with Gasteiger partial charge in [-0.3, -0.25) is 9.78 Å². The maximum Gasteiger partial charge on any atom is 0.343 e. The molecule has 7 heteroatoms. The van der Waals surface area contributed by atoms with Crippen LogP contribution >= 0.6 is 15.9 Å². The second kappa shape index (κ2) is 8.86. The van der Waals surface area contributed by atoms with Gasteiger partial charge in [0.2, 0.25) is 0 Å². The molecule has 1 heterocycles. The molecular formula is C20H14BrN3O3. The van der Waals surface area contributed by atoms with E-state index in [1.165, 1.54) is 18.6 Å². The summed E-state index contributed by atoms with van der Waals surface area (Å²) in [6.07, 6.45) is 4.57. The largest absolute Gasteiger partial charge is 0.423 e. The topological polar surface area (TPSA) is 80.6 Å². The zero-order valence-corrected chi connectivity index (χ0v) is 15.6. The van der Waals surface area contributed by atoms with Gasteiger partial charge in [-0.1, -0.05) is 22.0 Å². The first-order valence-electron chi connectivity index (χ1n) is 7.93. The summed E-state index contributed by atoms with van der Waals surface area (Å²) in [6, 6.07) is 16.9. The van der Waals surface area contributed by atoms with Crippen LogP contribution in [0.3, 0.4) is 0 Å². The van der Waals surface area contributed by atoms with Crippen LogP contribution in [0.4, 0.5) is 0 Å². The number of aromatic nitrogens is 1. The molecule has 3 rings (SSSR count). The number of nitrogens with zero attached hydrogens (tertiary/aromatic N) is 2. The van der Waals surface area contributed by atoms with E-state index in [0.717, 1.165) is 10.0 Å². The molecule has 0 fully saturated rings. The van der Waals surface area contributed by atoms with Crippen LogP contribution in [0, 0.1) is 0 Å². The Morgan fingerprint density at radius 2 is 1.74 bits per heavy atom. The Morgan fingerprint density at radius 1 is 1.00 bits per heavy atom. The van der Waals surface area contributed by atoms with Crippen molar-refractivity contribution in [2.24, 2.45) is 5.10 Å². The first kappa shape index (κ1) is 18.5. The first-order valence-corrected chi connectivity index (χ1v) is 8.72. The summed E-state index contributed by atoms with van der Waals surface area (Å²) < 4.78 is 6.13. The van der Waals surface area contributed by atoms with Crippen molar-refractivity contribution in [3.8, 4) is 5.75 Å². The zero-order chi connectivity index (χ0) is 19.1. The fraction of sp³-hybridized carbons (Fsp3) is 0. The third kappa shape index (κ3) is 5.32. The molecule has 0 aliphatic heterocycles. The van der Waals surface area contributed by atoms with Gasteiger partial charge in [0.15, 0.2) is 0 Å². The highest BCUT2D eigenvalue weighted by atomic mass is 79.9. The van der Waals surface area contributed by atoms with Gasteiger partial charge in [0.25, 0.3) is 5.91 Å². The Hall–Kier alpha value is -3.32. The highest BCUT2D eigenvalue weighted by molar-refractivity contribution is 9.10. The van der Waals surface area contributed by atoms with Crippen molar-refractivity contribution in [2.75, 3.05) is 0 Å². The maximum absolute atomic E-state index is 12.1. The summed E-state index contributed by atoms with van der Waals surface area (Å²) in [6.45, 7) is 0. The van der Waals surface area contributed by atoms with Gasteiger partial charge in [0, 0.05) is 22.4 Å². The number of halogens is 1. The molecule has 0 aliphatic rings. The molecule has 0 bridgehead atoms. The summed E-state index contributed by atoms with van der Waals surface area (Å²) in [4.78, 5) is 27.8. The van der Waals surface area contributed by atoms with Crippen molar-refractivity contribution < 1.29 is 14.3 Å². The standard InChI is InChI=1S/C20H14BrN3O3/c21-17-3-1-2-16(12-17)20(26)27-18-6-4-14(5-7-18)13-23-24-19(25)15-8-10-22-11-9-15/h1-13H,(H,24,25)/b23-13-. The highest BCUT2D eigenvalue weighted by Crippen LogP contribution is 2.16. The van der Waals surface area contributed by atoms with Crippen LogP contribution < -0.4 is 10.2 Å². The van der Waals surface area contributed by atoms with E-state index in [2.05, 4.69) is 31.4 Å². The molecule has 27 heavy (non-hydrogen) atoms. The number of hydrogen-bond donors (Lipinski definition) is 1. The Kier molecular flexibility index (Phi) is 6.06. The number of carbonyl (C=O) groups excluding carboxylic acids is 2. The van der Waals surface area contributed by atoms with Crippen molar-refractivity contribution >= 4 is 34.0 Å². The number of benzene rings is 2. The number of rotatable bonds is 5. The van der Waals surface area contributed by atoms with E-state index < -0.39 is 5.97 Å². The number of esters is 1. The molecule has 0 radical (unpaired) electrons. The van der Waals surface area contributed by atoms with Crippen LogP contribution in [0.2, 0.25) is 0 Å². The Labute approximate surface area is 164 Å². The minimum Gasteiger partial charge on any atom is -0.423 e. The normalized spacial score (nSPS) is 10.6. The highest BCUT2D eigenvalue weighted by Gasteiger charge is 2.08. The lowest BCUT2D eigenvalue weighted by Gasteiger charge is -2.05. The van der Waals surface area contributed by atoms with E-state index in [9.17, 15) is 9.59 Å². The molecule has 0 aliphatic carbocycles. The van der Waals surface area contributed by atoms with Crippen molar-refractivity contribution in [3.05, 3.63) is 94.2 Å². The molecule has 3 aromatic rings. The van der Waals surface area contributed by atoms with Gasteiger partial charge in [-0.05, 0) is 60.2 Å². The second-order valence-corrected chi connectivity index (χ2v) is 6.32. The average molecular weight is 424 g/mol. The van der Waals surface area contributed by atoms with Gasteiger partial charge in [-0.15, -0.1) is 0 Å². The van der Waals surface area contributed by atoms with Crippen LogP contribution in [-0.4, -0.2) is 23.1 Å². The minimum absolute atomic E-state index is 0.326. The van der Waals surface area contributed by atoms with Crippen LogP contribution in [0.25, 0.3) is 0 Å². The summed E-state index contributed by atoms with van der Waals surface area (Å²) in [5.74, 6) is -0.353. The summed E-state index contributed by atoms with van der Waals surface area (Å²) in [7, 11) is 0. The molecule has 0 saturated carbocycles. The lowest BCUT2D eigenvalue weighted by molar-refractivity contribution is 0.0734. The molecule has 1 amide bonds. The minimum atomic E-state index is -0.442. The van der Waals surface area contributed by atoms with E-state index in [-0.39, 0.29) is 5.91 Å². The van der Waals surface area contributed by atoms with Gasteiger partial charge in [-0.25, -0.2) is 10.2 Å². The van der Waals surface area contributed by atoms with E-state index in [1.807, 2.05) is 6.07 Å². The summed E-state index contributed by atoms with van der Waals surface area (Å²) in [5.41, 5.74) is 4.10. The lowest BCUT2D eigenvalue weighted by atomic mass is 10.2. The monoisotopic (exact) mass is 423 g/mol. The zero-order valence-electron chi connectivity index (χ0n) is 14.0. The quantitative estimate of drug-likeness (QED) is 0.292. The smallest absolute Gasteiger partial charge is 0.343 e. The third-order valence-corrected chi connectivity index (χ3v) is 3.97. The van der Waals surface area contributed by atoms with Crippen molar-refractivity contribution in [1.82, 2.24) is 10.4 Å². The van der Waals surface area contributed by atoms with Gasteiger partial charge >= 0.3 is 5.97 Å². The Balaban J connectivity index is 1.57. The Morgan fingerprint density at radius 3 is 2.44 bits per heavy atom. The van der Waals surface area contributed by atoms with Crippen LogP contribution in [0.15, 0.2) is 82.6 Å². The van der Waals surface area contributed by atoms with E-state index in [4.69, 9.17) is 4.74 Å². The predicted molar refractivity (Wildman–Crippen MR) is 105 cm³/mol. The molecular weight excluding hydrogens is 410 g/mol. The maximum atomic E-state index is 12.1. The first-order chi connectivity index (χ1) is 13.1. The van der Waals surface area contributed by atoms with Crippen molar-refractivity contribution in [3.63, 3.8) is 0 Å². The number of pyridine rings is 1. The van der Waals surface area contributed by atoms with Crippen molar-refractivity contribution in [2.45, 2.75) is 0 Å². The molecule has 1 aromatic heterocycles. The fourth-order valence-corrected chi connectivity index (χ4v) is 2.54. The molecule has 1 N–H and O–H groups in total. The predicted octanol–water partition coefficient (Wildman–Crippen LogP) is 3.83. The molecule has 0 unspecified atom stereocenters. The number of nitrogens with one attached hydrogen (secondary N) is 1.